The highest BCUT2D eigenvalue weighted by Crippen LogP contribution is 2.25. The van der Waals surface area contributed by atoms with Crippen LogP contribution in [0.2, 0.25) is 0 Å². The molecule has 0 aliphatic carbocycles. The number of halogens is 1. The second kappa shape index (κ2) is 7.81. The van der Waals surface area contributed by atoms with Crippen molar-refractivity contribution in [3.8, 4) is 0 Å². The van der Waals surface area contributed by atoms with E-state index in [1.54, 1.807) is 12.1 Å². The van der Waals surface area contributed by atoms with Crippen molar-refractivity contribution in [2.45, 2.75) is 33.6 Å². The van der Waals surface area contributed by atoms with Crippen LogP contribution in [0.5, 0.6) is 0 Å². The minimum atomic E-state index is -0.234. The highest BCUT2D eigenvalue weighted by molar-refractivity contribution is 5.76. The molecule has 138 valence electrons. The van der Waals surface area contributed by atoms with Gasteiger partial charge in [-0.3, -0.25) is 4.79 Å². The molecule has 1 aliphatic rings. The van der Waals surface area contributed by atoms with Crippen molar-refractivity contribution in [3.63, 3.8) is 0 Å². The Bertz CT molecular complexity index is 783. The number of rotatable bonds is 4. The lowest BCUT2D eigenvalue weighted by atomic mass is 10.0. The number of benzene rings is 1. The van der Waals surface area contributed by atoms with Gasteiger partial charge in [-0.25, -0.2) is 14.4 Å². The van der Waals surface area contributed by atoms with Crippen molar-refractivity contribution in [3.05, 3.63) is 52.7 Å². The van der Waals surface area contributed by atoms with Crippen molar-refractivity contribution in [2.75, 3.05) is 31.1 Å². The molecule has 1 fully saturated rings. The number of anilines is 1. The topological polar surface area (TPSA) is 49.3 Å². The zero-order valence-electron chi connectivity index (χ0n) is 15.6. The van der Waals surface area contributed by atoms with Crippen LogP contribution < -0.4 is 4.90 Å². The molecule has 0 saturated carbocycles. The summed E-state index contributed by atoms with van der Waals surface area (Å²) in [6.07, 6.45) is 1.21. The van der Waals surface area contributed by atoms with E-state index in [9.17, 15) is 9.18 Å². The van der Waals surface area contributed by atoms with Crippen LogP contribution in [0.3, 0.4) is 0 Å². The summed E-state index contributed by atoms with van der Waals surface area (Å²) in [5.41, 5.74) is 3.05. The second-order valence-corrected chi connectivity index (χ2v) is 6.68. The monoisotopic (exact) mass is 356 g/mol. The van der Waals surface area contributed by atoms with E-state index in [0.29, 0.717) is 25.9 Å². The van der Waals surface area contributed by atoms with Gasteiger partial charge in [0, 0.05) is 50.3 Å². The molecule has 2 aromatic rings. The van der Waals surface area contributed by atoms with Crippen molar-refractivity contribution < 1.29 is 9.18 Å². The number of aryl methyl sites for hydroxylation is 2. The van der Waals surface area contributed by atoms with Gasteiger partial charge < -0.3 is 9.80 Å². The van der Waals surface area contributed by atoms with Gasteiger partial charge >= 0.3 is 0 Å². The van der Waals surface area contributed by atoms with Gasteiger partial charge in [-0.1, -0.05) is 19.1 Å². The summed E-state index contributed by atoms with van der Waals surface area (Å²) < 4.78 is 13.2. The molecule has 0 unspecified atom stereocenters. The largest absolute Gasteiger partial charge is 0.353 e. The van der Waals surface area contributed by atoms with Crippen LogP contribution >= 0.6 is 0 Å². The van der Waals surface area contributed by atoms with Gasteiger partial charge in [-0.05, 0) is 31.5 Å². The van der Waals surface area contributed by atoms with E-state index in [-0.39, 0.29) is 11.7 Å². The molecule has 5 nitrogen and oxygen atoms in total. The number of hydrogen-bond donors (Lipinski definition) is 0. The molecule has 1 aliphatic heterocycles. The standard InChI is InChI=1S/C20H25FN4O/c1-4-19(26)24-9-11-25(12-10-24)20-18(14(2)22-15(3)23-20)13-16-5-7-17(21)8-6-16/h5-8H,4,9-13H2,1-3H3. The normalized spacial score (nSPS) is 14.6. The number of hydrogen-bond acceptors (Lipinski definition) is 4. The molecule has 1 aromatic carbocycles. The number of carbonyl (C=O) groups is 1. The van der Waals surface area contributed by atoms with Crippen LogP contribution in [0.4, 0.5) is 10.2 Å². The van der Waals surface area contributed by atoms with Crippen LogP contribution in [0, 0.1) is 19.7 Å². The molecular weight excluding hydrogens is 331 g/mol. The minimum Gasteiger partial charge on any atom is -0.353 e. The Balaban J connectivity index is 1.85. The van der Waals surface area contributed by atoms with E-state index in [0.717, 1.165) is 41.6 Å². The average Bonchev–Trinajstić information content (AvgIpc) is 2.65. The molecule has 3 rings (SSSR count). The highest BCUT2D eigenvalue weighted by atomic mass is 19.1. The fourth-order valence-electron chi connectivity index (χ4n) is 3.38. The highest BCUT2D eigenvalue weighted by Gasteiger charge is 2.24. The van der Waals surface area contributed by atoms with Crippen molar-refractivity contribution >= 4 is 11.7 Å². The minimum absolute atomic E-state index is 0.200. The Morgan fingerprint density at radius 2 is 1.73 bits per heavy atom. The zero-order valence-corrected chi connectivity index (χ0v) is 15.6. The fourth-order valence-corrected chi connectivity index (χ4v) is 3.38. The van der Waals surface area contributed by atoms with Gasteiger partial charge in [-0.2, -0.15) is 0 Å². The Hall–Kier alpha value is -2.50. The maximum Gasteiger partial charge on any atom is 0.222 e. The predicted molar refractivity (Wildman–Crippen MR) is 99.8 cm³/mol. The Morgan fingerprint density at radius 1 is 1.08 bits per heavy atom. The molecule has 0 bridgehead atoms. The third kappa shape index (κ3) is 4.00. The van der Waals surface area contributed by atoms with Gasteiger partial charge in [-0.15, -0.1) is 0 Å². The number of aromatic nitrogens is 2. The van der Waals surface area contributed by atoms with Crippen LogP contribution in [0.1, 0.15) is 36.0 Å². The molecule has 0 radical (unpaired) electrons. The fraction of sp³-hybridized carbons (Fsp3) is 0.450. The Kier molecular flexibility index (Phi) is 5.49. The third-order valence-corrected chi connectivity index (χ3v) is 4.83. The van der Waals surface area contributed by atoms with Crippen LogP contribution in [-0.2, 0) is 11.2 Å². The van der Waals surface area contributed by atoms with Gasteiger partial charge in [0.05, 0.1) is 0 Å². The summed E-state index contributed by atoms with van der Waals surface area (Å²) >= 11 is 0. The van der Waals surface area contributed by atoms with Gasteiger partial charge in [0.25, 0.3) is 0 Å². The van der Waals surface area contributed by atoms with Gasteiger partial charge in [0.2, 0.25) is 5.91 Å². The molecule has 2 heterocycles. The molecule has 0 spiro atoms. The van der Waals surface area contributed by atoms with Crippen LogP contribution in [-0.4, -0.2) is 47.0 Å². The number of amides is 1. The summed E-state index contributed by atoms with van der Waals surface area (Å²) in [4.78, 5) is 25.3. The van der Waals surface area contributed by atoms with Crippen molar-refractivity contribution in [1.82, 2.24) is 14.9 Å². The summed E-state index contributed by atoms with van der Waals surface area (Å²) in [5.74, 6) is 1.64. The van der Waals surface area contributed by atoms with Gasteiger partial charge in [0.1, 0.15) is 17.5 Å². The lowest BCUT2D eigenvalue weighted by Gasteiger charge is -2.36. The molecule has 6 heteroatoms. The second-order valence-electron chi connectivity index (χ2n) is 6.68. The maximum absolute atomic E-state index is 13.2. The summed E-state index contributed by atoms with van der Waals surface area (Å²) in [6.45, 7) is 8.74. The van der Waals surface area contributed by atoms with Crippen LogP contribution in [0.15, 0.2) is 24.3 Å². The molecular formula is C20H25FN4O. The number of carbonyl (C=O) groups excluding carboxylic acids is 1. The third-order valence-electron chi connectivity index (χ3n) is 4.83. The zero-order chi connectivity index (χ0) is 18.7. The molecule has 0 N–H and O–H groups in total. The molecule has 0 atom stereocenters. The Labute approximate surface area is 153 Å². The summed E-state index contributed by atoms with van der Waals surface area (Å²) in [5, 5.41) is 0. The first-order valence-corrected chi connectivity index (χ1v) is 9.09. The predicted octanol–water partition coefficient (Wildman–Crippen LogP) is 2.88. The van der Waals surface area contributed by atoms with E-state index in [1.165, 1.54) is 12.1 Å². The first-order chi connectivity index (χ1) is 12.5. The maximum atomic E-state index is 13.2. The van der Waals surface area contributed by atoms with E-state index in [1.807, 2.05) is 25.7 Å². The molecule has 1 amide bonds. The molecule has 1 aromatic heterocycles. The molecule has 1 saturated heterocycles. The summed E-state index contributed by atoms with van der Waals surface area (Å²) in [6, 6.07) is 6.57. The number of nitrogens with zero attached hydrogens (tertiary/aromatic N) is 4. The van der Waals surface area contributed by atoms with Crippen LogP contribution in [0.25, 0.3) is 0 Å². The van der Waals surface area contributed by atoms with Crippen molar-refractivity contribution in [2.24, 2.45) is 0 Å². The van der Waals surface area contributed by atoms with E-state index < -0.39 is 0 Å². The van der Waals surface area contributed by atoms with Gasteiger partial charge in [0.15, 0.2) is 0 Å². The lowest BCUT2D eigenvalue weighted by Crippen LogP contribution is -2.49. The number of piperazine rings is 1. The molecule has 26 heavy (non-hydrogen) atoms. The Morgan fingerprint density at radius 3 is 2.35 bits per heavy atom. The van der Waals surface area contributed by atoms with E-state index in [2.05, 4.69) is 9.88 Å². The smallest absolute Gasteiger partial charge is 0.222 e. The lowest BCUT2D eigenvalue weighted by molar-refractivity contribution is -0.131. The first kappa shape index (κ1) is 18.3. The SMILES string of the molecule is CCC(=O)N1CCN(c2nc(C)nc(C)c2Cc2ccc(F)cc2)CC1. The van der Waals surface area contributed by atoms with E-state index in [4.69, 9.17) is 4.98 Å². The summed E-state index contributed by atoms with van der Waals surface area (Å²) in [7, 11) is 0. The van der Waals surface area contributed by atoms with Crippen molar-refractivity contribution in [1.29, 1.82) is 0 Å². The average molecular weight is 356 g/mol. The van der Waals surface area contributed by atoms with E-state index >= 15 is 0 Å². The quantitative estimate of drug-likeness (QED) is 0.845. The first-order valence-electron chi connectivity index (χ1n) is 9.09.